The highest BCUT2D eigenvalue weighted by Gasteiger charge is 2.56. The second-order valence-electron chi connectivity index (χ2n) is 13.6. The van der Waals surface area contributed by atoms with E-state index in [1.807, 2.05) is 14.2 Å². The molecule has 0 amide bonds. The van der Waals surface area contributed by atoms with Gasteiger partial charge in [-0.25, -0.2) is 0 Å². The lowest BCUT2D eigenvalue weighted by Gasteiger charge is -2.52. The van der Waals surface area contributed by atoms with Gasteiger partial charge in [0.25, 0.3) is 0 Å². The van der Waals surface area contributed by atoms with Crippen molar-refractivity contribution in [1.82, 2.24) is 4.90 Å². The number of hydrogen-bond donors (Lipinski definition) is 0. The predicted molar refractivity (Wildman–Crippen MR) is 185 cm³/mol. The molecule has 4 heteroatoms. The van der Waals surface area contributed by atoms with Crippen molar-refractivity contribution in [2.24, 2.45) is 11.8 Å². The summed E-state index contributed by atoms with van der Waals surface area (Å²) in [7, 11) is 7.57. The van der Waals surface area contributed by atoms with Crippen LogP contribution in [-0.2, 0) is 0 Å². The summed E-state index contributed by atoms with van der Waals surface area (Å²) in [5.74, 6) is 3.35. The molecule has 0 heterocycles. The molecule has 0 radical (unpaired) electrons. The van der Waals surface area contributed by atoms with E-state index in [-0.39, 0.29) is 5.16 Å². The largest absolute Gasteiger partial charge is 0.496 e. The van der Waals surface area contributed by atoms with Crippen molar-refractivity contribution in [2.75, 3.05) is 28.3 Å². The number of ether oxygens (including phenoxy) is 2. The Kier molecular flexibility index (Phi) is 10.2. The summed E-state index contributed by atoms with van der Waals surface area (Å²) in [6, 6.07) is 21.8. The van der Waals surface area contributed by atoms with Gasteiger partial charge in [0, 0.05) is 11.2 Å². The molecular weight excluding hydrogens is 545 g/mol. The molecule has 2 fully saturated rings. The Balaban J connectivity index is 1.83. The second kappa shape index (κ2) is 13.7. The molecule has 2 aliphatic rings. The maximum Gasteiger partial charge on any atom is 0.124 e. The van der Waals surface area contributed by atoms with Gasteiger partial charge < -0.3 is 14.4 Å². The lowest BCUT2D eigenvalue weighted by atomic mass is 9.74. The van der Waals surface area contributed by atoms with Gasteiger partial charge in [0.1, 0.15) is 11.5 Å². The molecule has 2 aliphatic carbocycles. The molecule has 0 spiro atoms. The van der Waals surface area contributed by atoms with E-state index < -0.39 is 7.92 Å². The van der Waals surface area contributed by atoms with Gasteiger partial charge in [-0.05, 0) is 150 Å². The highest BCUT2D eigenvalue weighted by molar-refractivity contribution is 7.74. The molecule has 2 unspecified atom stereocenters. The molecule has 3 aromatic rings. The summed E-state index contributed by atoms with van der Waals surface area (Å²) in [6.45, 7) is 8.96. The zero-order valence-corrected chi connectivity index (χ0v) is 28.9. The van der Waals surface area contributed by atoms with Gasteiger partial charge in [-0.2, -0.15) is 0 Å². The number of benzene rings is 3. The van der Waals surface area contributed by atoms with Gasteiger partial charge in [-0.1, -0.05) is 62.4 Å². The number of aryl methyl sites for hydroxylation is 4. The summed E-state index contributed by atoms with van der Waals surface area (Å²) in [6.07, 6.45) is 12.1. The summed E-state index contributed by atoms with van der Waals surface area (Å²) >= 11 is 0. The number of methoxy groups -OCH3 is 2. The van der Waals surface area contributed by atoms with E-state index in [2.05, 4.69) is 101 Å². The average molecular weight is 600 g/mol. The molecule has 0 aromatic heterocycles. The first-order valence-corrected chi connectivity index (χ1v) is 17.9. The van der Waals surface area contributed by atoms with Crippen LogP contribution in [0, 0.1) is 39.5 Å². The zero-order valence-electron chi connectivity index (χ0n) is 28.0. The molecule has 0 bridgehead atoms. The van der Waals surface area contributed by atoms with Crippen molar-refractivity contribution in [3.05, 3.63) is 82.4 Å². The molecule has 0 aliphatic heterocycles. The van der Waals surface area contributed by atoms with Crippen molar-refractivity contribution < 1.29 is 9.47 Å². The quantitative estimate of drug-likeness (QED) is 0.181. The fraction of sp³-hybridized carbons (Fsp3) is 0.538. The topological polar surface area (TPSA) is 21.7 Å². The van der Waals surface area contributed by atoms with Crippen LogP contribution >= 0.6 is 7.92 Å². The van der Waals surface area contributed by atoms with Gasteiger partial charge in [0.2, 0.25) is 0 Å². The predicted octanol–water partition coefficient (Wildman–Crippen LogP) is 9.18. The monoisotopic (exact) mass is 599 g/mol. The third kappa shape index (κ3) is 6.14. The van der Waals surface area contributed by atoms with Gasteiger partial charge >= 0.3 is 0 Å². The van der Waals surface area contributed by atoms with Crippen molar-refractivity contribution >= 4 is 18.5 Å². The second-order valence-corrected chi connectivity index (χ2v) is 16.1. The minimum absolute atomic E-state index is 0.200. The van der Waals surface area contributed by atoms with E-state index >= 15 is 0 Å². The summed E-state index contributed by atoms with van der Waals surface area (Å²) in [5, 5.41) is 3.25. The van der Waals surface area contributed by atoms with Crippen molar-refractivity contribution in [1.29, 1.82) is 0 Å². The molecule has 5 rings (SSSR count). The Morgan fingerprint density at radius 1 is 0.698 bits per heavy atom. The SMILES string of the molecule is COc1c(C)cc(P(c2cc(C)c(OC)c(C)c2)C2(C3CCCCCC3)CCCC2[C@@H](c2ccccc2)N(C)C)cc1C. The first-order valence-electron chi connectivity index (χ1n) is 16.5. The fourth-order valence-corrected chi connectivity index (χ4v) is 13.3. The molecule has 3 aromatic carbocycles. The van der Waals surface area contributed by atoms with E-state index in [0.29, 0.717) is 17.9 Å². The number of nitrogens with zero attached hydrogens (tertiary/aromatic N) is 1. The van der Waals surface area contributed by atoms with Gasteiger partial charge in [0.15, 0.2) is 0 Å². The Morgan fingerprint density at radius 3 is 1.63 bits per heavy atom. The van der Waals surface area contributed by atoms with Crippen molar-refractivity contribution in [2.45, 2.75) is 96.7 Å². The van der Waals surface area contributed by atoms with Crippen LogP contribution in [0.2, 0.25) is 0 Å². The first-order chi connectivity index (χ1) is 20.7. The van der Waals surface area contributed by atoms with Crippen molar-refractivity contribution in [3.8, 4) is 11.5 Å². The molecule has 232 valence electrons. The third-order valence-corrected chi connectivity index (χ3v) is 13.9. The van der Waals surface area contributed by atoms with Crippen LogP contribution in [0.1, 0.15) is 91.6 Å². The summed E-state index contributed by atoms with van der Waals surface area (Å²) in [4.78, 5) is 2.54. The smallest absolute Gasteiger partial charge is 0.124 e. The van der Waals surface area contributed by atoms with Gasteiger partial charge in [-0.3, -0.25) is 0 Å². The maximum atomic E-state index is 5.90. The lowest BCUT2D eigenvalue weighted by Crippen LogP contribution is -2.49. The Bertz CT molecular complexity index is 1270. The fourth-order valence-electron chi connectivity index (χ4n) is 9.15. The van der Waals surface area contributed by atoms with Gasteiger partial charge in [0.05, 0.1) is 14.2 Å². The Morgan fingerprint density at radius 2 is 1.19 bits per heavy atom. The Labute approximate surface area is 263 Å². The Hall–Kier alpha value is -2.35. The molecule has 43 heavy (non-hydrogen) atoms. The van der Waals surface area contributed by atoms with Crippen LogP contribution < -0.4 is 20.1 Å². The minimum atomic E-state index is -0.695. The molecule has 3 nitrogen and oxygen atoms in total. The first kappa shape index (κ1) is 32.1. The van der Waals surface area contributed by atoms with Crippen LogP contribution in [0.15, 0.2) is 54.6 Å². The zero-order chi connectivity index (χ0) is 30.7. The molecule has 3 atom stereocenters. The van der Waals surface area contributed by atoms with Crippen LogP contribution in [-0.4, -0.2) is 38.4 Å². The molecule has 2 saturated carbocycles. The van der Waals surface area contributed by atoms with Crippen LogP contribution in [0.5, 0.6) is 11.5 Å². The van der Waals surface area contributed by atoms with E-state index in [1.54, 1.807) is 0 Å². The minimum Gasteiger partial charge on any atom is -0.496 e. The summed E-state index contributed by atoms with van der Waals surface area (Å²) < 4.78 is 11.8. The van der Waals surface area contributed by atoms with E-state index in [1.165, 1.54) is 96.2 Å². The van der Waals surface area contributed by atoms with E-state index in [9.17, 15) is 0 Å². The van der Waals surface area contributed by atoms with Crippen LogP contribution in [0.25, 0.3) is 0 Å². The van der Waals surface area contributed by atoms with E-state index in [0.717, 1.165) is 11.5 Å². The van der Waals surface area contributed by atoms with E-state index in [4.69, 9.17) is 9.47 Å². The van der Waals surface area contributed by atoms with Crippen molar-refractivity contribution in [3.63, 3.8) is 0 Å². The maximum absolute atomic E-state index is 5.90. The van der Waals surface area contributed by atoms with Crippen LogP contribution in [0.4, 0.5) is 0 Å². The lowest BCUT2D eigenvalue weighted by molar-refractivity contribution is 0.152. The van der Waals surface area contributed by atoms with Crippen LogP contribution in [0.3, 0.4) is 0 Å². The average Bonchev–Trinajstić information content (AvgIpc) is 3.19. The van der Waals surface area contributed by atoms with Gasteiger partial charge in [-0.15, -0.1) is 0 Å². The molecule has 0 N–H and O–H groups in total. The standard InChI is InChI=1S/C39H54NO2P/c1-27-23-33(24-28(2)37(27)41-7)43(34-25-29(3)38(42-8)30(4)26-34)39(32-19-14-9-10-15-20-32)22-16-21-35(39)36(40(5)6)31-17-12-11-13-18-31/h11-13,17-18,23-26,32,35-36H,9-10,14-16,19-22H2,1-8H3/t35?,36-,39?/m1/s1. The number of hydrogen-bond acceptors (Lipinski definition) is 3. The highest BCUT2D eigenvalue weighted by atomic mass is 31.1. The third-order valence-electron chi connectivity index (χ3n) is 10.6. The summed E-state index contributed by atoms with van der Waals surface area (Å²) in [5.41, 5.74) is 6.49. The normalized spacial score (nSPS) is 22.1. The highest BCUT2D eigenvalue weighted by Crippen LogP contribution is 2.67. The number of rotatable bonds is 9. The molecular formula is C39H54NO2P. The molecule has 0 saturated heterocycles.